The third kappa shape index (κ3) is 31.5. The standard InChI is InChI=1S/C52H101NO10/c1-3-5-7-9-11-13-15-17-18-19-20-21-22-23-24-25-26-27-28-30-32-34-36-38-40-45(56)51(61)53-43(42-62-52-50(60)49(59)48(58)46(41-54)63-52)47(57)44(55)39-37-35-33-31-29-16-14-12-10-8-6-4-2/h23-24,43-50,52,54-60H,3-22,25-42H2,1-2H3,(H,53,61)/b24-23-. The molecule has 63 heavy (non-hydrogen) atoms. The molecule has 11 heteroatoms. The van der Waals surface area contributed by atoms with Gasteiger partial charge in [0.05, 0.1) is 25.4 Å². The van der Waals surface area contributed by atoms with Crippen LogP contribution in [0.15, 0.2) is 12.2 Å². The van der Waals surface area contributed by atoms with Crippen LogP contribution in [0.1, 0.15) is 245 Å². The highest BCUT2D eigenvalue weighted by atomic mass is 16.7. The monoisotopic (exact) mass is 900 g/mol. The van der Waals surface area contributed by atoms with Crippen LogP contribution in [0.5, 0.6) is 0 Å². The van der Waals surface area contributed by atoms with E-state index in [0.29, 0.717) is 19.3 Å². The number of allylic oxidation sites excluding steroid dienone is 2. The lowest BCUT2D eigenvalue weighted by Crippen LogP contribution is -2.60. The van der Waals surface area contributed by atoms with Gasteiger partial charge in [0, 0.05) is 0 Å². The van der Waals surface area contributed by atoms with Crippen LogP contribution in [0.3, 0.4) is 0 Å². The molecule has 0 radical (unpaired) electrons. The van der Waals surface area contributed by atoms with E-state index in [1.54, 1.807) is 0 Å². The fourth-order valence-electron chi connectivity index (χ4n) is 8.67. The number of hydrogen-bond donors (Lipinski definition) is 8. The van der Waals surface area contributed by atoms with E-state index < -0.39 is 74.2 Å². The molecular formula is C52H101NO10. The summed E-state index contributed by atoms with van der Waals surface area (Å²) >= 11 is 0. The van der Waals surface area contributed by atoms with E-state index in [-0.39, 0.29) is 6.42 Å². The summed E-state index contributed by atoms with van der Waals surface area (Å²) in [5.74, 6) is -0.697. The van der Waals surface area contributed by atoms with Gasteiger partial charge in [-0.15, -0.1) is 0 Å². The average molecular weight is 900 g/mol. The number of amides is 1. The molecule has 1 aliphatic rings. The minimum absolute atomic E-state index is 0.259. The first-order valence-corrected chi connectivity index (χ1v) is 26.6. The van der Waals surface area contributed by atoms with E-state index in [1.165, 1.54) is 161 Å². The Balaban J connectivity index is 2.31. The van der Waals surface area contributed by atoms with Gasteiger partial charge in [0.25, 0.3) is 0 Å². The molecule has 9 unspecified atom stereocenters. The Bertz CT molecular complexity index is 1030. The Morgan fingerprint density at radius 2 is 0.921 bits per heavy atom. The van der Waals surface area contributed by atoms with Gasteiger partial charge in [0.15, 0.2) is 6.29 Å². The third-order valence-electron chi connectivity index (χ3n) is 13.1. The highest BCUT2D eigenvalue weighted by Crippen LogP contribution is 2.23. The maximum absolute atomic E-state index is 13.1. The first kappa shape index (κ1) is 59.9. The molecule has 0 aromatic rings. The summed E-state index contributed by atoms with van der Waals surface area (Å²) in [4.78, 5) is 13.1. The summed E-state index contributed by atoms with van der Waals surface area (Å²) in [6.45, 7) is 3.45. The van der Waals surface area contributed by atoms with E-state index in [4.69, 9.17) is 9.47 Å². The lowest BCUT2D eigenvalue weighted by Gasteiger charge is -2.40. The second-order valence-electron chi connectivity index (χ2n) is 19.0. The van der Waals surface area contributed by atoms with Crippen molar-refractivity contribution in [2.75, 3.05) is 13.2 Å². The second kappa shape index (κ2) is 42.2. The molecule has 1 aliphatic heterocycles. The number of ether oxygens (including phenoxy) is 2. The Morgan fingerprint density at radius 3 is 1.33 bits per heavy atom. The predicted octanol–water partition coefficient (Wildman–Crippen LogP) is 10.0. The van der Waals surface area contributed by atoms with E-state index in [9.17, 15) is 40.5 Å². The molecule has 0 bridgehead atoms. The number of aliphatic hydroxyl groups excluding tert-OH is 7. The molecule has 0 spiro atoms. The summed E-state index contributed by atoms with van der Waals surface area (Å²) in [5.41, 5.74) is 0. The van der Waals surface area contributed by atoms with E-state index in [0.717, 1.165) is 44.9 Å². The van der Waals surface area contributed by atoms with E-state index in [1.807, 2.05) is 0 Å². The first-order valence-electron chi connectivity index (χ1n) is 26.6. The number of aliphatic hydroxyl groups is 7. The van der Waals surface area contributed by atoms with Crippen LogP contribution >= 0.6 is 0 Å². The van der Waals surface area contributed by atoms with Crippen molar-refractivity contribution >= 4 is 5.91 Å². The van der Waals surface area contributed by atoms with Gasteiger partial charge in [0.1, 0.15) is 36.6 Å². The maximum Gasteiger partial charge on any atom is 0.249 e. The molecule has 0 aliphatic carbocycles. The molecule has 0 aromatic carbocycles. The zero-order valence-corrected chi connectivity index (χ0v) is 40.6. The van der Waals surface area contributed by atoms with Crippen LogP contribution in [-0.4, -0.2) is 110 Å². The van der Waals surface area contributed by atoms with Crippen molar-refractivity contribution in [3.63, 3.8) is 0 Å². The molecule has 1 amide bonds. The number of unbranched alkanes of at least 4 members (excludes halogenated alkanes) is 31. The molecule has 0 aromatic heterocycles. The Hall–Kier alpha value is -1.15. The Kier molecular flexibility index (Phi) is 40.1. The van der Waals surface area contributed by atoms with Crippen molar-refractivity contribution < 1.29 is 50.0 Å². The highest BCUT2D eigenvalue weighted by Gasteiger charge is 2.44. The minimum atomic E-state index is -1.66. The van der Waals surface area contributed by atoms with Crippen molar-refractivity contribution in [2.45, 2.75) is 300 Å². The van der Waals surface area contributed by atoms with Gasteiger partial charge in [-0.2, -0.15) is 0 Å². The number of nitrogens with one attached hydrogen (secondary N) is 1. The molecule has 374 valence electrons. The number of carbonyl (C=O) groups is 1. The van der Waals surface area contributed by atoms with Gasteiger partial charge in [-0.3, -0.25) is 4.79 Å². The van der Waals surface area contributed by atoms with Crippen molar-refractivity contribution in [3.8, 4) is 0 Å². The van der Waals surface area contributed by atoms with Crippen LogP contribution in [0.4, 0.5) is 0 Å². The van der Waals surface area contributed by atoms with Crippen LogP contribution in [-0.2, 0) is 14.3 Å². The van der Waals surface area contributed by atoms with Crippen LogP contribution in [0.25, 0.3) is 0 Å². The number of hydrogen-bond acceptors (Lipinski definition) is 10. The largest absolute Gasteiger partial charge is 0.394 e. The van der Waals surface area contributed by atoms with Gasteiger partial charge < -0.3 is 50.5 Å². The molecule has 1 heterocycles. The summed E-state index contributed by atoms with van der Waals surface area (Å²) in [7, 11) is 0. The topological polar surface area (TPSA) is 189 Å². The van der Waals surface area contributed by atoms with Crippen molar-refractivity contribution in [3.05, 3.63) is 12.2 Å². The number of rotatable bonds is 45. The van der Waals surface area contributed by atoms with E-state index in [2.05, 4.69) is 31.3 Å². The molecule has 9 atom stereocenters. The van der Waals surface area contributed by atoms with Crippen molar-refractivity contribution in [2.24, 2.45) is 0 Å². The van der Waals surface area contributed by atoms with Gasteiger partial charge in [-0.05, 0) is 38.5 Å². The highest BCUT2D eigenvalue weighted by molar-refractivity contribution is 5.80. The summed E-state index contributed by atoms with van der Waals surface area (Å²) in [6, 6.07) is -1.17. The summed E-state index contributed by atoms with van der Waals surface area (Å²) in [6.07, 6.45) is 35.5. The first-order chi connectivity index (χ1) is 30.7. The van der Waals surface area contributed by atoms with Crippen molar-refractivity contribution in [1.82, 2.24) is 5.32 Å². The lowest BCUT2D eigenvalue weighted by molar-refractivity contribution is -0.303. The van der Waals surface area contributed by atoms with E-state index >= 15 is 0 Å². The molecule has 0 saturated carbocycles. The van der Waals surface area contributed by atoms with Crippen LogP contribution < -0.4 is 5.32 Å². The molecular weight excluding hydrogens is 799 g/mol. The van der Waals surface area contributed by atoms with Crippen molar-refractivity contribution in [1.29, 1.82) is 0 Å². The molecule has 1 rings (SSSR count). The van der Waals surface area contributed by atoms with Gasteiger partial charge in [0.2, 0.25) is 5.91 Å². The predicted molar refractivity (Wildman–Crippen MR) is 256 cm³/mol. The minimum Gasteiger partial charge on any atom is -0.394 e. The second-order valence-corrected chi connectivity index (χ2v) is 19.0. The molecule has 1 saturated heterocycles. The van der Waals surface area contributed by atoms with Crippen LogP contribution in [0, 0.1) is 0 Å². The summed E-state index contributed by atoms with van der Waals surface area (Å²) in [5, 5.41) is 75.8. The van der Waals surface area contributed by atoms with Crippen LogP contribution in [0.2, 0.25) is 0 Å². The normalized spacial score (nSPS) is 21.2. The quantitative estimate of drug-likeness (QED) is 0.0216. The Morgan fingerprint density at radius 1 is 0.540 bits per heavy atom. The zero-order chi connectivity index (χ0) is 46.2. The fraction of sp³-hybridized carbons (Fsp3) is 0.942. The smallest absolute Gasteiger partial charge is 0.249 e. The van der Waals surface area contributed by atoms with Gasteiger partial charge in [-0.25, -0.2) is 0 Å². The van der Waals surface area contributed by atoms with Gasteiger partial charge >= 0.3 is 0 Å². The molecule has 8 N–H and O–H groups in total. The number of carbonyl (C=O) groups excluding carboxylic acids is 1. The van der Waals surface area contributed by atoms with Gasteiger partial charge in [-0.1, -0.05) is 219 Å². The lowest BCUT2D eigenvalue weighted by atomic mass is 9.98. The SMILES string of the molecule is CCCCCCCCCCCCCC/C=C\CCCCCCCCCCC(O)C(=O)NC(COC1OC(CO)C(O)C(O)C1O)C(O)C(O)CCCCCCCCCCCCCC. The molecule has 1 fully saturated rings. The zero-order valence-electron chi connectivity index (χ0n) is 40.6. The third-order valence-corrected chi connectivity index (χ3v) is 13.1. The maximum atomic E-state index is 13.1. The summed E-state index contributed by atoms with van der Waals surface area (Å²) < 4.78 is 11.1. The average Bonchev–Trinajstić information content (AvgIpc) is 3.28. The fourth-order valence-corrected chi connectivity index (χ4v) is 8.67. The Labute approximate surface area is 385 Å². The molecule has 11 nitrogen and oxygen atoms in total.